The van der Waals surface area contributed by atoms with Crippen LogP contribution in [0, 0.1) is 6.92 Å². The predicted octanol–water partition coefficient (Wildman–Crippen LogP) is 1.59. The minimum Gasteiger partial charge on any atom is -0.508 e. The van der Waals surface area contributed by atoms with Crippen LogP contribution < -0.4 is 5.73 Å². The van der Waals surface area contributed by atoms with Crippen LogP contribution in [0.5, 0.6) is 5.75 Å². The van der Waals surface area contributed by atoms with Gasteiger partial charge in [0, 0.05) is 6.42 Å². The smallest absolute Gasteiger partial charge is 0.221 e. The molecule has 0 aromatic heterocycles. The van der Waals surface area contributed by atoms with E-state index in [1.54, 1.807) is 18.2 Å². The highest BCUT2D eigenvalue weighted by molar-refractivity contribution is 5.76. The first-order chi connectivity index (χ1) is 6.59. The van der Waals surface area contributed by atoms with Gasteiger partial charge in [0.25, 0.3) is 0 Å². The monoisotopic (exact) mass is 191 g/mol. The minimum atomic E-state index is -0.363. The van der Waals surface area contributed by atoms with E-state index in [1.807, 2.05) is 19.1 Å². The number of carbonyl (C=O) groups excluding carboxylic acids is 1. The van der Waals surface area contributed by atoms with E-state index in [1.165, 1.54) is 0 Å². The lowest BCUT2D eigenvalue weighted by Crippen LogP contribution is -2.07. The van der Waals surface area contributed by atoms with Gasteiger partial charge in [-0.25, -0.2) is 0 Å². The van der Waals surface area contributed by atoms with Crippen LogP contribution in [0.3, 0.4) is 0 Å². The van der Waals surface area contributed by atoms with E-state index in [9.17, 15) is 9.90 Å². The van der Waals surface area contributed by atoms with Crippen molar-refractivity contribution >= 4 is 12.0 Å². The summed E-state index contributed by atoms with van der Waals surface area (Å²) in [6.07, 6.45) is 3.64. The maximum Gasteiger partial charge on any atom is 0.221 e. The molecule has 74 valence electrons. The van der Waals surface area contributed by atoms with Gasteiger partial charge in [-0.3, -0.25) is 4.79 Å². The molecule has 1 aromatic carbocycles. The average Bonchev–Trinajstić information content (AvgIpc) is 2.10. The second-order valence-corrected chi connectivity index (χ2v) is 3.12. The van der Waals surface area contributed by atoms with Gasteiger partial charge < -0.3 is 10.8 Å². The molecule has 1 rings (SSSR count). The highest BCUT2D eigenvalue weighted by Gasteiger charge is 1.95. The maximum absolute atomic E-state index is 10.4. The molecular weight excluding hydrogens is 178 g/mol. The van der Waals surface area contributed by atoms with Crippen LogP contribution in [-0.2, 0) is 4.79 Å². The van der Waals surface area contributed by atoms with Crippen LogP contribution >= 0.6 is 0 Å². The van der Waals surface area contributed by atoms with Gasteiger partial charge in [-0.05, 0) is 24.1 Å². The Balaban J connectivity index is 2.73. The molecule has 14 heavy (non-hydrogen) atoms. The van der Waals surface area contributed by atoms with Crippen molar-refractivity contribution in [2.24, 2.45) is 5.73 Å². The molecule has 0 saturated heterocycles. The number of primary amides is 1. The highest BCUT2D eigenvalue weighted by atomic mass is 16.3. The van der Waals surface area contributed by atoms with Crippen LogP contribution in [0.4, 0.5) is 0 Å². The summed E-state index contributed by atoms with van der Waals surface area (Å²) in [4.78, 5) is 10.4. The van der Waals surface area contributed by atoms with E-state index < -0.39 is 0 Å². The van der Waals surface area contributed by atoms with Crippen molar-refractivity contribution in [2.75, 3.05) is 0 Å². The molecule has 0 atom stereocenters. The normalized spacial score (nSPS) is 10.6. The van der Waals surface area contributed by atoms with Crippen molar-refractivity contribution in [1.82, 2.24) is 0 Å². The molecule has 0 bridgehead atoms. The van der Waals surface area contributed by atoms with Gasteiger partial charge >= 0.3 is 0 Å². The average molecular weight is 191 g/mol. The first-order valence-electron chi connectivity index (χ1n) is 4.34. The Morgan fingerprint density at radius 3 is 2.86 bits per heavy atom. The Morgan fingerprint density at radius 2 is 2.29 bits per heavy atom. The topological polar surface area (TPSA) is 63.3 Å². The Labute approximate surface area is 82.9 Å². The van der Waals surface area contributed by atoms with Crippen LogP contribution in [-0.4, -0.2) is 11.0 Å². The standard InChI is InChI=1S/C11H13NO2/c1-8-5-6-9(7-10(8)13)3-2-4-11(12)14/h2-3,5-7,13H,4H2,1H3,(H2,12,14). The van der Waals surface area contributed by atoms with Crippen LogP contribution in [0.15, 0.2) is 24.3 Å². The number of aryl methyl sites for hydroxylation is 1. The molecule has 0 spiro atoms. The number of rotatable bonds is 3. The molecule has 0 heterocycles. The number of carbonyl (C=O) groups is 1. The van der Waals surface area contributed by atoms with Crippen molar-refractivity contribution < 1.29 is 9.90 Å². The maximum atomic E-state index is 10.4. The summed E-state index contributed by atoms with van der Waals surface area (Å²) in [6.45, 7) is 1.83. The zero-order valence-electron chi connectivity index (χ0n) is 8.03. The Hall–Kier alpha value is -1.77. The number of aromatic hydroxyl groups is 1. The molecule has 1 aromatic rings. The summed E-state index contributed by atoms with van der Waals surface area (Å²) in [6, 6.07) is 5.33. The second kappa shape index (κ2) is 4.46. The molecule has 3 N–H and O–H groups in total. The molecule has 0 aliphatic rings. The summed E-state index contributed by atoms with van der Waals surface area (Å²) in [5, 5.41) is 9.38. The molecule has 0 radical (unpaired) electrons. The first-order valence-corrected chi connectivity index (χ1v) is 4.34. The minimum absolute atomic E-state index is 0.217. The zero-order chi connectivity index (χ0) is 10.6. The van der Waals surface area contributed by atoms with Gasteiger partial charge in [-0.1, -0.05) is 24.3 Å². The second-order valence-electron chi connectivity index (χ2n) is 3.12. The first kappa shape index (κ1) is 10.3. The van der Waals surface area contributed by atoms with E-state index >= 15 is 0 Å². The van der Waals surface area contributed by atoms with E-state index in [0.29, 0.717) is 0 Å². The third-order valence-electron chi connectivity index (χ3n) is 1.86. The van der Waals surface area contributed by atoms with Crippen LogP contribution in [0.25, 0.3) is 6.08 Å². The number of benzene rings is 1. The van der Waals surface area contributed by atoms with Gasteiger partial charge in [0.05, 0.1) is 0 Å². The number of hydrogen-bond acceptors (Lipinski definition) is 2. The van der Waals surface area contributed by atoms with Crippen molar-refractivity contribution in [3.05, 3.63) is 35.4 Å². The Kier molecular flexibility index (Phi) is 3.29. The summed E-state index contributed by atoms with van der Waals surface area (Å²) in [5.74, 6) is -0.108. The third kappa shape index (κ3) is 2.94. The molecule has 0 fully saturated rings. The van der Waals surface area contributed by atoms with Crippen LogP contribution in [0.2, 0.25) is 0 Å². The lowest BCUT2D eigenvalue weighted by molar-refractivity contribution is -0.117. The molecule has 0 unspecified atom stereocenters. The van der Waals surface area contributed by atoms with Crippen LogP contribution in [0.1, 0.15) is 17.5 Å². The fraction of sp³-hybridized carbons (Fsp3) is 0.182. The van der Waals surface area contributed by atoms with Crippen molar-refractivity contribution in [3.8, 4) is 5.75 Å². The molecule has 1 amide bonds. The van der Waals surface area contributed by atoms with E-state index in [4.69, 9.17) is 5.73 Å². The zero-order valence-corrected chi connectivity index (χ0v) is 8.03. The molecule has 3 heteroatoms. The highest BCUT2D eigenvalue weighted by Crippen LogP contribution is 2.18. The van der Waals surface area contributed by atoms with Crippen molar-refractivity contribution in [3.63, 3.8) is 0 Å². The number of hydrogen-bond donors (Lipinski definition) is 2. The largest absolute Gasteiger partial charge is 0.508 e. The summed E-state index contributed by atoms with van der Waals surface area (Å²) < 4.78 is 0. The fourth-order valence-corrected chi connectivity index (χ4v) is 1.04. The van der Waals surface area contributed by atoms with Crippen molar-refractivity contribution in [2.45, 2.75) is 13.3 Å². The predicted molar refractivity (Wildman–Crippen MR) is 55.7 cm³/mol. The van der Waals surface area contributed by atoms with E-state index in [2.05, 4.69) is 0 Å². The molecule has 0 aliphatic carbocycles. The number of phenolic OH excluding ortho intramolecular Hbond substituents is 1. The molecule has 0 aliphatic heterocycles. The quantitative estimate of drug-likeness (QED) is 0.762. The summed E-state index contributed by atoms with van der Waals surface area (Å²) >= 11 is 0. The summed E-state index contributed by atoms with van der Waals surface area (Å²) in [7, 11) is 0. The molecule has 0 saturated carbocycles. The lowest BCUT2D eigenvalue weighted by Gasteiger charge is -1.99. The van der Waals surface area contributed by atoms with Gasteiger partial charge in [-0.2, -0.15) is 0 Å². The van der Waals surface area contributed by atoms with E-state index in [0.717, 1.165) is 11.1 Å². The fourth-order valence-electron chi connectivity index (χ4n) is 1.04. The number of nitrogens with two attached hydrogens (primary N) is 1. The van der Waals surface area contributed by atoms with Gasteiger partial charge in [0.1, 0.15) is 5.75 Å². The molecular formula is C11H13NO2. The van der Waals surface area contributed by atoms with Gasteiger partial charge in [0.2, 0.25) is 5.91 Å². The van der Waals surface area contributed by atoms with Crippen molar-refractivity contribution in [1.29, 1.82) is 0 Å². The molecule has 3 nitrogen and oxygen atoms in total. The number of amides is 1. The SMILES string of the molecule is Cc1ccc(C=CCC(N)=O)cc1O. The summed E-state index contributed by atoms with van der Waals surface area (Å²) in [5.41, 5.74) is 6.66. The Bertz CT molecular complexity index is 370. The van der Waals surface area contributed by atoms with Gasteiger partial charge in [-0.15, -0.1) is 0 Å². The van der Waals surface area contributed by atoms with E-state index in [-0.39, 0.29) is 18.1 Å². The third-order valence-corrected chi connectivity index (χ3v) is 1.86. The number of phenols is 1. The van der Waals surface area contributed by atoms with Gasteiger partial charge in [0.15, 0.2) is 0 Å². The lowest BCUT2D eigenvalue weighted by atomic mass is 10.1. The Morgan fingerprint density at radius 1 is 1.57 bits per heavy atom.